The maximum Gasteiger partial charge on any atom is 0.432 e. The third-order valence-corrected chi connectivity index (χ3v) is 3.97. The summed E-state index contributed by atoms with van der Waals surface area (Å²) < 4.78 is 48.3. The Morgan fingerprint density at radius 2 is 1.56 bits per heavy atom. The van der Waals surface area contributed by atoms with E-state index in [0.29, 0.717) is 11.4 Å². The number of aliphatic hydroxyl groups excluding tert-OH is 1. The summed E-state index contributed by atoms with van der Waals surface area (Å²) in [6.45, 7) is 1.03. The lowest BCUT2D eigenvalue weighted by atomic mass is 9.92. The molecule has 13 heteroatoms. The molecule has 0 heterocycles. The van der Waals surface area contributed by atoms with Crippen LogP contribution in [0.2, 0.25) is 0 Å². The molecule has 8 N–H and O–H groups in total. The van der Waals surface area contributed by atoms with E-state index in [2.05, 4.69) is 4.74 Å². The van der Waals surface area contributed by atoms with E-state index in [-0.39, 0.29) is 49.5 Å². The van der Waals surface area contributed by atoms with Crippen molar-refractivity contribution < 1.29 is 37.7 Å². The van der Waals surface area contributed by atoms with Gasteiger partial charge in [0.25, 0.3) is 5.60 Å². The maximum absolute atomic E-state index is 13.1. The average Bonchev–Trinajstić information content (AvgIpc) is 2.69. The number of hydrogen-bond donors (Lipinski definition) is 5. The molecule has 8 nitrogen and oxygen atoms in total. The van der Waals surface area contributed by atoms with Gasteiger partial charge in [-0.15, -0.1) is 24.8 Å². The van der Waals surface area contributed by atoms with Gasteiger partial charge in [0.15, 0.2) is 0 Å². The van der Waals surface area contributed by atoms with Gasteiger partial charge in [0, 0.05) is 5.56 Å². The van der Waals surface area contributed by atoms with Crippen LogP contribution < -0.4 is 21.9 Å². The summed E-state index contributed by atoms with van der Waals surface area (Å²) in [5.41, 5.74) is 13.8. The van der Waals surface area contributed by atoms with Crippen LogP contribution in [0.15, 0.2) is 36.4 Å². The molecule has 2 aromatic carbocycles. The first-order chi connectivity index (χ1) is 13.9. The van der Waals surface area contributed by atoms with E-state index in [0.717, 1.165) is 23.8 Å². The van der Waals surface area contributed by atoms with Crippen molar-refractivity contribution in [2.75, 3.05) is 30.9 Å². The Balaban J connectivity index is 0. The molecule has 1 unspecified atom stereocenters. The third kappa shape index (κ3) is 7.23. The molecule has 1 atom stereocenters. The van der Waals surface area contributed by atoms with Crippen LogP contribution in [-0.4, -0.2) is 36.1 Å². The standard InChI is InChI=1S/C12H14F3NO4.C7H10N2O.2ClH/c1-3-20-10(17)11(18,12(13,14)15)7-4-5-8(16)9(6-7)19-2;8-6-2-1-5(4-10)3-7(6)9;;/h4-6,18H,3,16H2,1-2H3;1-3,10H,4,8-9H2;2*1H. The molecule has 0 aliphatic heterocycles. The van der Waals surface area contributed by atoms with E-state index < -0.39 is 23.3 Å². The fourth-order valence-corrected chi connectivity index (χ4v) is 2.29. The molecule has 2 aromatic rings. The highest BCUT2D eigenvalue weighted by molar-refractivity contribution is 5.85. The Morgan fingerprint density at radius 1 is 1.00 bits per heavy atom. The number of alkyl halides is 3. The number of carbonyl (C=O) groups excluding carboxylic acids is 1. The second-order valence-corrected chi connectivity index (χ2v) is 6.01. The number of hydrogen-bond acceptors (Lipinski definition) is 8. The van der Waals surface area contributed by atoms with Crippen molar-refractivity contribution in [1.82, 2.24) is 0 Å². The monoisotopic (exact) mass is 503 g/mol. The Morgan fingerprint density at radius 3 is 2.00 bits per heavy atom. The van der Waals surface area contributed by atoms with Crippen molar-refractivity contribution in [3.05, 3.63) is 47.5 Å². The summed E-state index contributed by atoms with van der Waals surface area (Å²) in [5, 5.41) is 18.5. The minimum absolute atomic E-state index is 0. The molecule has 0 aromatic heterocycles. The van der Waals surface area contributed by atoms with Gasteiger partial charge < -0.3 is 36.9 Å². The van der Waals surface area contributed by atoms with Gasteiger partial charge in [-0.1, -0.05) is 12.1 Å². The van der Waals surface area contributed by atoms with Crippen LogP contribution in [0, 0.1) is 0 Å². The molecule has 2 rings (SSSR count). The predicted octanol–water partition coefficient (Wildman–Crippen LogP) is 2.78. The van der Waals surface area contributed by atoms with Crippen molar-refractivity contribution in [2.24, 2.45) is 0 Å². The van der Waals surface area contributed by atoms with Crippen LogP contribution in [0.1, 0.15) is 18.1 Å². The highest BCUT2D eigenvalue weighted by Crippen LogP contribution is 2.41. The molecule has 32 heavy (non-hydrogen) atoms. The van der Waals surface area contributed by atoms with Crippen molar-refractivity contribution >= 4 is 47.8 Å². The lowest BCUT2D eigenvalue weighted by Gasteiger charge is -2.28. The number of benzene rings is 2. The molecular weight excluding hydrogens is 478 g/mol. The van der Waals surface area contributed by atoms with Crippen molar-refractivity contribution in [3.8, 4) is 5.75 Å². The number of anilines is 3. The van der Waals surface area contributed by atoms with Crippen LogP contribution in [0.5, 0.6) is 5.75 Å². The van der Waals surface area contributed by atoms with Gasteiger partial charge in [-0.3, -0.25) is 0 Å². The molecule has 0 saturated carbocycles. The number of rotatable bonds is 5. The summed E-state index contributed by atoms with van der Waals surface area (Å²) in [4.78, 5) is 11.5. The number of aliphatic hydroxyl groups is 2. The molecule has 0 aliphatic carbocycles. The highest BCUT2D eigenvalue weighted by Gasteiger charge is 2.62. The van der Waals surface area contributed by atoms with E-state index in [9.17, 15) is 23.1 Å². The van der Waals surface area contributed by atoms with E-state index in [1.807, 2.05) is 0 Å². The fourth-order valence-electron chi connectivity index (χ4n) is 2.29. The molecular formula is C19H26Cl2F3N3O5. The maximum atomic E-state index is 13.1. The molecule has 182 valence electrons. The lowest BCUT2D eigenvalue weighted by molar-refractivity contribution is -0.267. The Kier molecular flexibility index (Phi) is 12.9. The molecule has 0 radical (unpaired) electrons. The number of methoxy groups -OCH3 is 1. The van der Waals surface area contributed by atoms with Crippen LogP contribution in [-0.2, 0) is 21.7 Å². The second-order valence-electron chi connectivity index (χ2n) is 6.01. The second kappa shape index (κ2) is 13.1. The molecule has 0 amide bonds. The van der Waals surface area contributed by atoms with Crippen LogP contribution in [0.4, 0.5) is 30.2 Å². The number of nitrogen functional groups attached to an aromatic ring is 3. The number of esters is 1. The summed E-state index contributed by atoms with van der Waals surface area (Å²) in [6, 6.07) is 7.92. The molecule has 0 aliphatic rings. The van der Waals surface area contributed by atoms with E-state index in [1.165, 1.54) is 14.0 Å². The van der Waals surface area contributed by atoms with Crippen LogP contribution in [0.25, 0.3) is 0 Å². The van der Waals surface area contributed by atoms with Crippen molar-refractivity contribution in [3.63, 3.8) is 0 Å². The normalized spacial score (nSPS) is 12.1. The van der Waals surface area contributed by atoms with E-state index >= 15 is 0 Å². The number of nitrogens with two attached hydrogens (primary N) is 3. The van der Waals surface area contributed by atoms with Crippen LogP contribution in [0.3, 0.4) is 0 Å². The van der Waals surface area contributed by atoms with Gasteiger partial charge in [0.1, 0.15) is 5.75 Å². The van der Waals surface area contributed by atoms with Gasteiger partial charge in [0.05, 0.1) is 37.4 Å². The van der Waals surface area contributed by atoms with Gasteiger partial charge in [-0.05, 0) is 36.8 Å². The summed E-state index contributed by atoms with van der Waals surface area (Å²) in [5.74, 6) is -1.89. The van der Waals surface area contributed by atoms with Gasteiger partial charge >= 0.3 is 12.1 Å². The fraction of sp³-hybridized carbons (Fsp3) is 0.316. The average molecular weight is 504 g/mol. The first-order valence-corrected chi connectivity index (χ1v) is 8.57. The first-order valence-electron chi connectivity index (χ1n) is 8.57. The quantitative estimate of drug-likeness (QED) is 0.308. The molecule has 0 saturated heterocycles. The first kappa shape index (κ1) is 31.6. The number of carbonyl (C=O) groups is 1. The zero-order valence-electron chi connectivity index (χ0n) is 17.2. The predicted molar refractivity (Wildman–Crippen MR) is 120 cm³/mol. The number of ether oxygens (including phenoxy) is 2. The number of halogens is 5. The third-order valence-electron chi connectivity index (χ3n) is 3.97. The van der Waals surface area contributed by atoms with Gasteiger partial charge in [-0.25, -0.2) is 4.79 Å². The molecule has 0 spiro atoms. The summed E-state index contributed by atoms with van der Waals surface area (Å²) >= 11 is 0. The smallest absolute Gasteiger partial charge is 0.432 e. The molecule has 0 bridgehead atoms. The van der Waals surface area contributed by atoms with Gasteiger partial charge in [0.2, 0.25) is 0 Å². The van der Waals surface area contributed by atoms with Gasteiger partial charge in [-0.2, -0.15) is 13.2 Å². The van der Waals surface area contributed by atoms with E-state index in [4.69, 9.17) is 27.0 Å². The molecule has 0 fully saturated rings. The zero-order valence-corrected chi connectivity index (χ0v) is 18.8. The van der Waals surface area contributed by atoms with Crippen molar-refractivity contribution in [2.45, 2.75) is 25.3 Å². The minimum Gasteiger partial charge on any atom is -0.495 e. The topological polar surface area (TPSA) is 154 Å². The van der Waals surface area contributed by atoms with Crippen molar-refractivity contribution in [1.29, 1.82) is 0 Å². The van der Waals surface area contributed by atoms with E-state index in [1.54, 1.807) is 18.2 Å². The summed E-state index contributed by atoms with van der Waals surface area (Å²) in [6.07, 6.45) is -5.25. The summed E-state index contributed by atoms with van der Waals surface area (Å²) in [7, 11) is 1.20. The Bertz CT molecular complexity index is 888. The lowest BCUT2D eigenvalue weighted by Crippen LogP contribution is -2.50. The Hall–Kier alpha value is -2.60. The SMILES string of the molecule is CCOC(=O)C(O)(c1ccc(N)c(OC)c1)C(F)(F)F.Cl.Cl.Nc1ccc(CO)cc1N. The Labute approximate surface area is 195 Å². The largest absolute Gasteiger partial charge is 0.495 e. The zero-order chi connectivity index (χ0) is 23.1. The van der Waals surface area contributed by atoms with Crippen LogP contribution >= 0.6 is 24.8 Å². The minimum atomic E-state index is -5.25. The highest BCUT2D eigenvalue weighted by atomic mass is 35.5.